The zero-order chi connectivity index (χ0) is 25.7. The molecule has 1 aliphatic rings. The molecule has 0 aliphatic heterocycles. The van der Waals surface area contributed by atoms with Gasteiger partial charge in [-0.1, -0.05) is 43.0 Å². The molecule has 9 nitrogen and oxygen atoms in total. The molecule has 1 unspecified atom stereocenters. The first-order valence-electron chi connectivity index (χ1n) is 12.0. The molecule has 1 saturated carbocycles. The molecule has 3 N–H and O–H groups in total. The fraction of sp³-hybridized carbons (Fsp3) is 0.385. The number of hydrogen-bond acceptors (Lipinski definition) is 6. The molecule has 0 spiro atoms. The van der Waals surface area contributed by atoms with Gasteiger partial charge in [0.05, 0.1) is 13.5 Å². The van der Waals surface area contributed by atoms with Crippen molar-refractivity contribution >= 4 is 40.9 Å². The third kappa shape index (κ3) is 5.96. The number of carbonyl (C=O) groups is 3. The fourth-order valence-corrected chi connectivity index (χ4v) is 4.92. The second kappa shape index (κ2) is 11.4. The van der Waals surface area contributed by atoms with E-state index in [4.69, 9.17) is 21.3 Å². The Labute approximate surface area is 213 Å². The Hall–Kier alpha value is -3.59. The van der Waals surface area contributed by atoms with E-state index in [0.717, 1.165) is 37.7 Å². The van der Waals surface area contributed by atoms with Gasteiger partial charge in [0, 0.05) is 28.4 Å². The van der Waals surface area contributed by atoms with E-state index >= 15 is 0 Å². The molecule has 1 atom stereocenters. The number of esters is 1. The van der Waals surface area contributed by atoms with E-state index in [0.29, 0.717) is 27.7 Å². The number of carbonyl (C=O) groups excluding carboxylic acids is 2. The van der Waals surface area contributed by atoms with Gasteiger partial charge >= 0.3 is 11.9 Å². The van der Waals surface area contributed by atoms with Crippen LogP contribution in [0.25, 0.3) is 16.9 Å². The minimum Gasteiger partial charge on any atom is -0.481 e. The van der Waals surface area contributed by atoms with Crippen LogP contribution in [-0.2, 0) is 14.3 Å². The first-order valence-corrected chi connectivity index (χ1v) is 12.3. The van der Waals surface area contributed by atoms with Crippen LogP contribution in [0.3, 0.4) is 0 Å². The topological polar surface area (TPSA) is 122 Å². The minimum atomic E-state index is -0.929. The van der Waals surface area contributed by atoms with Gasteiger partial charge in [-0.05, 0) is 43.0 Å². The van der Waals surface area contributed by atoms with Crippen molar-refractivity contribution in [2.45, 2.75) is 44.6 Å². The number of fused-ring (bicyclic) bond motifs is 1. The Morgan fingerprint density at radius 2 is 1.97 bits per heavy atom. The molecule has 2 aromatic heterocycles. The summed E-state index contributed by atoms with van der Waals surface area (Å²) in [7, 11) is 1.31. The van der Waals surface area contributed by atoms with Gasteiger partial charge in [0.25, 0.3) is 5.91 Å². The van der Waals surface area contributed by atoms with Crippen LogP contribution in [0.1, 0.15) is 48.9 Å². The van der Waals surface area contributed by atoms with Crippen LogP contribution in [0, 0.1) is 5.92 Å². The summed E-state index contributed by atoms with van der Waals surface area (Å²) in [5.41, 5.74) is 2.15. The molecule has 4 rings (SSSR count). The molecule has 1 aliphatic carbocycles. The highest BCUT2D eigenvalue weighted by molar-refractivity contribution is 6.30. The molecule has 1 amide bonds. The number of anilines is 1. The zero-order valence-corrected chi connectivity index (χ0v) is 20.8. The van der Waals surface area contributed by atoms with Gasteiger partial charge in [-0.3, -0.25) is 18.8 Å². The van der Waals surface area contributed by atoms with Crippen molar-refractivity contribution in [3.63, 3.8) is 0 Å². The van der Waals surface area contributed by atoms with Gasteiger partial charge in [-0.2, -0.15) is 0 Å². The van der Waals surface area contributed by atoms with E-state index in [9.17, 15) is 19.5 Å². The maximum atomic E-state index is 13.1. The van der Waals surface area contributed by atoms with Crippen LogP contribution >= 0.6 is 11.6 Å². The minimum absolute atomic E-state index is 0.0711. The van der Waals surface area contributed by atoms with E-state index in [2.05, 4.69) is 10.6 Å². The molecule has 0 bridgehead atoms. The monoisotopic (exact) mass is 512 g/mol. The van der Waals surface area contributed by atoms with Crippen LogP contribution in [0.15, 0.2) is 42.6 Å². The second-order valence-corrected chi connectivity index (χ2v) is 9.41. The van der Waals surface area contributed by atoms with Crippen molar-refractivity contribution in [1.29, 1.82) is 0 Å². The van der Waals surface area contributed by atoms with Crippen molar-refractivity contribution < 1.29 is 24.2 Å². The Balaban J connectivity index is 1.65. The highest BCUT2D eigenvalue weighted by atomic mass is 35.5. The predicted molar refractivity (Wildman–Crippen MR) is 136 cm³/mol. The molecule has 36 heavy (non-hydrogen) atoms. The summed E-state index contributed by atoms with van der Waals surface area (Å²) in [6.45, 7) is -0.0711. The summed E-state index contributed by atoms with van der Waals surface area (Å²) in [4.78, 5) is 41.1. The molecular weight excluding hydrogens is 484 g/mol. The number of aliphatic carboxylic acids is 1. The van der Waals surface area contributed by atoms with Crippen LogP contribution in [0.4, 0.5) is 5.82 Å². The second-order valence-electron chi connectivity index (χ2n) is 8.97. The lowest BCUT2D eigenvalue weighted by molar-refractivity contribution is -0.139. The number of pyridine rings is 1. The summed E-state index contributed by atoms with van der Waals surface area (Å²) in [5.74, 6) is -1.01. The molecule has 1 aromatic carbocycles. The SMILES string of the molecule is COC(=O)CNc1c(-c2cccc(Cl)c2)nc2cc(C(=O)NC(CC(=O)O)C3CCCCC3)ccn12. The van der Waals surface area contributed by atoms with Crippen LogP contribution in [0.5, 0.6) is 0 Å². The van der Waals surface area contributed by atoms with Gasteiger partial charge in [-0.15, -0.1) is 0 Å². The molecule has 1 fully saturated rings. The van der Waals surface area contributed by atoms with Gasteiger partial charge < -0.3 is 20.5 Å². The lowest BCUT2D eigenvalue weighted by Gasteiger charge is -2.30. The maximum Gasteiger partial charge on any atom is 0.325 e. The van der Waals surface area contributed by atoms with Crippen molar-refractivity contribution in [3.05, 3.63) is 53.2 Å². The third-order valence-electron chi connectivity index (χ3n) is 6.54. The number of imidazole rings is 1. The third-order valence-corrected chi connectivity index (χ3v) is 6.78. The van der Waals surface area contributed by atoms with Crippen molar-refractivity contribution in [2.24, 2.45) is 5.92 Å². The number of ether oxygens (including phenoxy) is 1. The van der Waals surface area contributed by atoms with E-state index in [1.54, 1.807) is 40.9 Å². The first-order chi connectivity index (χ1) is 17.4. The number of benzene rings is 1. The van der Waals surface area contributed by atoms with Crippen LogP contribution in [0.2, 0.25) is 5.02 Å². The van der Waals surface area contributed by atoms with E-state index < -0.39 is 18.0 Å². The number of hydrogen-bond donors (Lipinski definition) is 3. The van der Waals surface area contributed by atoms with Crippen molar-refractivity contribution in [3.8, 4) is 11.3 Å². The van der Waals surface area contributed by atoms with Crippen LogP contribution in [-0.4, -0.2) is 52.0 Å². The number of nitrogens with one attached hydrogen (secondary N) is 2. The number of rotatable bonds is 9. The summed E-state index contributed by atoms with van der Waals surface area (Å²) in [6, 6.07) is 10.0. The van der Waals surface area contributed by atoms with Gasteiger partial charge in [-0.25, -0.2) is 4.98 Å². The van der Waals surface area contributed by atoms with Crippen molar-refractivity contribution in [2.75, 3.05) is 19.0 Å². The van der Waals surface area contributed by atoms with E-state index in [1.165, 1.54) is 7.11 Å². The number of amides is 1. The van der Waals surface area contributed by atoms with Crippen LogP contribution < -0.4 is 10.6 Å². The molecule has 0 radical (unpaired) electrons. The predicted octanol–water partition coefficient (Wildman–Crippen LogP) is 4.39. The van der Waals surface area contributed by atoms with Crippen molar-refractivity contribution in [1.82, 2.24) is 14.7 Å². The standard InChI is InChI=1S/C26H29ClN4O5/c1-36-23(34)15-28-25-24(17-8-5-9-19(27)12-17)30-21-13-18(10-11-31(21)25)26(35)29-20(14-22(32)33)16-6-3-2-4-7-16/h5,8-13,16,20,28H,2-4,6-7,14-15H2,1H3,(H,29,35)(H,32,33). The smallest absolute Gasteiger partial charge is 0.325 e. The summed E-state index contributed by atoms with van der Waals surface area (Å²) >= 11 is 6.19. The lowest BCUT2D eigenvalue weighted by atomic mass is 9.82. The average molecular weight is 513 g/mol. The quantitative estimate of drug-likeness (QED) is 0.363. The maximum absolute atomic E-state index is 13.1. The highest BCUT2D eigenvalue weighted by Gasteiger charge is 2.28. The highest BCUT2D eigenvalue weighted by Crippen LogP contribution is 2.31. The largest absolute Gasteiger partial charge is 0.481 e. The fourth-order valence-electron chi connectivity index (χ4n) is 4.73. The summed E-state index contributed by atoms with van der Waals surface area (Å²) in [5, 5.41) is 16.0. The van der Waals surface area contributed by atoms with Gasteiger partial charge in [0.1, 0.15) is 23.7 Å². The van der Waals surface area contributed by atoms with Gasteiger partial charge in [0.2, 0.25) is 0 Å². The number of aromatic nitrogens is 2. The number of halogens is 1. The normalized spacial score (nSPS) is 14.8. The lowest BCUT2D eigenvalue weighted by Crippen LogP contribution is -2.42. The molecule has 2 heterocycles. The Bertz CT molecular complexity index is 1270. The molecule has 190 valence electrons. The Kier molecular flexibility index (Phi) is 8.10. The number of carboxylic acids is 1. The summed E-state index contributed by atoms with van der Waals surface area (Å²) in [6.07, 6.45) is 6.64. The average Bonchev–Trinajstić information content (AvgIpc) is 3.25. The summed E-state index contributed by atoms with van der Waals surface area (Å²) < 4.78 is 6.49. The number of nitrogens with zero attached hydrogens (tertiary/aromatic N) is 2. The Morgan fingerprint density at radius 1 is 1.19 bits per heavy atom. The van der Waals surface area contributed by atoms with Gasteiger partial charge in [0.15, 0.2) is 0 Å². The number of carboxylic acid groups (broad SMARTS) is 1. The molecule has 0 saturated heterocycles. The first kappa shape index (κ1) is 25.5. The molecule has 10 heteroatoms. The zero-order valence-electron chi connectivity index (χ0n) is 20.0. The molecular formula is C26H29ClN4O5. The molecule has 3 aromatic rings. The van der Waals surface area contributed by atoms with E-state index in [-0.39, 0.29) is 24.8 Å². The van der Waals surface area contributed by atoms with E-state index in [1.807, 2.05) is 6.07 Å². The number of methoxy groups -OCH3 is 1. The Morgan fingerprint density at radius 3 is 2.67 bits per heavy atom.